The summed E-state index contributed by atoms with van der Waals surface area (Å²) in [5.41, 5.74) is 8.90. The zero-order chi connectivity index (χ0) is 14.8. The quantitative estimate of drug-likeness (QED) is 0.798. The van der Waals surface area contributed by atoms with E-state index in [1.807, 2.05) is 19.9 Å². The highest BCUT2D eigenvalue weighted by atomic mass is 16.5. The van der Waals surface area contributed by atoms with E-state index in [0.717, 1.165) is 18.7 Å². The molecule has 0 fully saturated rings. The van der Waals surface area contributed by atoms with Crippen molar-refractivity contribution < 1.29 is 4.74 Å². The second-order valence-electron chi connectivity index (χ2n) is 6.11. The molecule has 0 atom stereocenters. The third kappa shape index (κ3) is 3.53. The number of nitrogens with two attached hydrogens (primary N) is 1. The molecule has 0 spiro atoms. The van der Waals surface area contributed by atoms with Crippen LogP contribution in [-0.2, 0) is 11.3 Å². The van der Waals surface area contributed by atoms with Crippen LogP contribution in [0.3, 0.4) is 0 Å². The first-order valence-corrected chi connectivity index (χ1v) is 7.17. The van der Waals surface area contributed by atoms with Crippen LogP contribution < -0.4 is 10.6 Å². The third-order valence-electron chi connectivity index (χ3n) is 3.33. The number of hydrogen-bond donors (Lipinski definition) is 1. The first-order chi connectivity index (χ1) is 9.38. The van der Waals surface area contributed by atoms with Gasteiger partial charge in [0, 0.05) is 29.4 Å². The van der Waals surface area contributed by atoms with Crippen molar-refractivity contribution in [3.63, 3.8) is 0 Å². The Kier molecular flexibility index (Phi) is 4.37. The van der Waals surface area contributed by atoms with Crippen LogP contribution in [0.2, 0.25) is 0 Å². The minimum atomic E-state index is -0.480. The van der Waals surface area contributed by atoms with Gasteiger partial charge in [0.05, 0.1) is 18.8 Å². The van der Waals surface area contributed by atoms with Gasteiger partial charge in [-0.3, -0.25) is 0 Å². The summed E-state index contributed by atoms with van der Waals surface area (Å²) in [6.45, 7) is 10.5. The van der Waals surface area contributed by atoms with Crippen molar-refractivity contribution >= 4 is 5.69 Å². The summed E-state index contributed by atoms with van der Waals surface area (Å²) in [6, 6.07) is 6.71. The Balaban J connectivity index is 2.46. The van der Waals surface area contributed by atoms with E-state index in [4.69, 9.17) is 10.5 Å². The van der Waals surface area contributed by atoms with Gasteiger partial charge in [0.25, 0.3) is 0 Å². The Morgan fingerprint density at radius 3 is 2.75 bits per heavy atom. The number of rotatable bonds is 1. The Labute approximate surface area is 122 Å². The van der Waals surface area contributed by atoms with Gasteiger partial charge in [-0.25, -0.2) is 0 Å². The van der Waals surface area contributed by atoms with E-state index in [0.29, 0.717) is 12.6 Å². The number of hydrogen-bond acceptors (Lipinski definition) is 3. The van der Waals surface area contributed by atoms with Crippen LogP contribution in [0.15, 0.2) is 18.2 Å². The molecule has 0 bridgehead atoms. The average molecular weight is 272 g/mol. The van der Waals surface area contributed by atoms with Crippen LogP contribution >= 0.6 is 0 Å². The number of nitrogens with zero attached hydrogens (tertiary/aromatic N) is 1. The Bertz CT molecular complexity index is 532. The van der Waals surface area contributed by atoms with Gasteiger partial charge in [0.2, 0.25) is 0 Å². The molecule has 2 rings (SSSR count). The lowest BCUT2D eigenvalue weighted by Crippen LogP contribution is -2.33. The average Bonchev–Trinajstić information content (AvgIpc) is 2.57. The molecule has 1 aromatic rings. The van der Waals surface area contributed by atoms with Gasteiger partial charge in [-0.15, -0.1) is 0 Å². The first kappa shape index (κ1) is 14.9. The number of fused-ring (bicyclic) bond motifs is 1. The van der Waals surface area contributed by atoms with Crippen molar-refractivity contribution in [1.29, 1.82) is 0 Å². The molecule has 0 saturated carbocycles. The maximum absolute atomic E-state index is 5.95. The van der Waals surface area contributed by atoms with Crippen molar-refractivity contribution in [1.82, 2.24) is 0 Å². The predicted molar refractivity (Wildman–Crippen MR) is 83.7 cm³/mol. The van der Waals surface area contributed by atoms with Gasteiger partial charge in [-0.05, 0) is 39.8 Å². The van der Waals surface area contributed by atoms with Crippen LogP contribution in [0.25, 0.3) is 0 Å². The van der Waals surface area contributed by atoms with E-state index < -0.39 is 5.54 Å². The lowest BCUT2D eigenvalue weighted by atomic mass is 10.0. The summed E-state index contributed by atoms with van der Waals surface area (Å²) in [4.78, 5) is 2.38. The van der Waals surface area contributed by atoms with Crippen molar-refractivity contribution in [2.45, 2.75) is 45.9 Å². The Morgan fingerprint density at radius 1 is 1.35 bits per heavy atom. The van der Waals surface area contributed by atoms with Crippen molar-refractivity contribution in [3.05, 3.63) is 29.3 Å². The molecular formula is C17H24N2O. The highest BCUT2D eigenvalue weighted by Gasteiger charge is 2.19. The lowest BCUT2D eigenvalue weighted by molar-refractivity contribution is 0.131. The molecule has 1 aromatic carbocycles. The zero-order valence-electron chi connectivity index (χ0n) is 12.9. The van der Waals surface area contributed by atoms with Gasteiger partial charge in [0.1, 0.15) is 0 Å². The minimum Gasteiger partial charge on any atom is -0.375 e. The number of benzene rings is 1. The second kappa shape index (κ2) is 5.87. The lowest BCUT2D eigenvalue weighted by Gasteiger charge is -2.28. The monoisotopic (exact) mass is 272 g/mol. The molecule has 0 radical (unpaired) electrons. The van der Waals surface area contributed by atoms with Gasteiger partial charge in [-0.1, -0.05) is 17.9 Å². The molecule has 3 heteroatoms. The molecule has 1 heterocycles. The zero-order valence-corrected chi connectivity index (χ0v) is 12.9. The van der Waals surface area contributed by atoms with Crippen LogP contribution in [0.4, 0.5) is 5.69 Å². The fourth-order valence-electron chi connectivity index (χ4n) is 2.33. The topological polar surface area (TPSA) is 38.5 Å². The SMILES string of the molecule is CC(C)N1CCOCc2c(C#CC(C)(C)N)cccc21. The van der Waals surface area contributed by atoms with E-state index in [9.17, 15) is 0 Å². The fraction of sp³-hybridized carbons (Fsp3) is 0.529. The molecule has 0 amide bonds. The molecule has 108 valence electrons. The van der Waals surface area contributed by atoms with E-state index in [-0.39, 0.29) is 0 Å². The molecule has 0 aromatic heterocycles. The van der Waals surface area contributed by atoms with Gasteiger partial charge in [-0.2, -0.15) is 0 Å². The van der Waals surface area contributed by atoms with Crippen LogP contribution in [0.1, 0.15) is 38.8 Å². The number of ether oxygens (including phenoxy) is 1. The minimum absolute atomic E-state index is 0.449. The summed E-state index contributed by atoms with van der Waals surface area (Å²) in [5.74, 6) is 6.32. The normalized spacial score (nSPS) is 15.4. The highest BCUT2D eigenvalue weighted by Crippen LogP contribution is 2.28. The molecule has 20 heavy (non-hydrogen) atoms. The molecule has 0 unspecified atom stereocenters. The molecular weight excluding hydrogens is 248 g/mol. The summed E-state index contributed by atoms with van der Waals surface area (Å²) < 4.78 is 5.73. The van der Waals surface area contributed by atoms with Gasteiger partial charge in [0.15, 0.2) is 0 Å². The predicted octanol–water partition coefficient (Wildman–Crippen LogP) is 2.52. The van der Waals surface area contributed by atoms with E-state index in [1.54, 1.807) is 0 Å². The Morgan fingerprint density at radius 2 is 2.10 bits per heavy atom. The largest absolute Gasteiger partial charge is 0.375 e. The Hall–Kier alpha value is -1.50. The summed E-state index contributed by atoms with van der Waals surface area (Å²) in [7, 11) is 0. The molecule has 3 nitrogen and oxygen atoms in total. The van der Waals surface area contributed by atoms with E-state index >= 15 is 0 Å². The van der Waals surface area contributed by atoms with Crippen LogP contribution in [0.5, 0.6) is 0 Å². The fourth-order valence-corrected chi connectivity index (χ4v) is 2.33. The second-order valence-corrected chi connectivity index (χ2v) is 6.11. The van der Waals surface area contributed by atoms with Gasteiger partial charge >= 0.3 is 0 Å². The standard InChI is InChI=1S/C17H24N2O/c1-13(2)19-10-11-20-12-15-14(6-5-7-16(15)19)8-9-17(3,4)18/h5-7,13H,10-12,18H2,1-4H3. The maximum Gasteiger partial charge on any atom is 0.0750 e. The smallest absolute Gasteiger partial charge is 0.0750 e. The van der Waals surface area contributed by atoms with Crippen molar-refractivity contribution in [2.75, 3.05) is 18.1 Å². The molecule has 2 N–H and O–H groups in total. The maximum atomic E-state index is 5.95. The molecule has 0 aliphatic carbocycles. The molecule has 1 aliphatic rings. The van der Waals surface area contributed by atoms with Crippen molar-refractivity contribution in [2.24, 2.45) is 5.73 Å². The molecule has 1 aliphatic heterocycles. The number of anilines is 1. The first-order valence-electron chi connectivity index (χ1n) is 7.17. The van der Waals surface area contributed by atoms with Crippen LogP contribution in [-0.4, -0.2) is 24.7 Å². The molecule has 0 saturated heterocycles. The van der Waals surface area contributed by atoms with Crippen molar-refractivity contribution in [3.8, 4) is 11.8 Å². The third-order valence-corrected chi connectivity index (χ3v) is 3.33. The highest BCUT2D eigenvalue weighted by molar-refractivity contribution is 5.61. The van der Waals surface area contributed by atoms with Crippen LogP contribution in [0, 0.1) is 11.8 Å². The van der Waals surface area contributed by atoms with Gasteiger partial charge < -0.3 is 15.4 Å². The summed E-state index contributed by atoms with van der Waals surface area (Å²) in [5, 5.41) is 0. The van der Waals surface area contributed by atoms with E-state index in [1.165, 1.54) is 11.3 Å². The van der Waals surface area contributed by atoms with E-state index in [2.05, 4.69) is 42.7 Å². The summed E-state index contributed by atoms with van der Waals surface area (Å²) in [6.07, 6.45) is 0. The summed E-state index contributed by atoms with van der Waals surface area (Å²) >= 11 is 0.